The van der Waals surface area contributed by atoms with E-state index in [2.05, 4.69) is 40.2 Å². The Labute approximate surface area is 113 Å². The minimum atomic E-state index is 0.174. The van der Waals surface area contributed by atoms with Gasteiger partial charge in [-0.2, -0.15) is 4.98 Å². The zero-order valence-electron chi connectivity index (χ0n) is 11.3. The number of hydrogen-bond acceptors (Lipinski definition) is 5. The lowest BCUT2D eigenvalue weighted by Crippen LogP contribution is -2.13. The third-order valence-corrected chi connectivity index (χ3v) is 3.07. The predicted octanol–water partition coefficient (Wildman–Crippen LogP) is 2.58. The van der Waals surface area contributed by atoms with Gasteiger partial charge in [-0.1, -0.05) is 19.9 Å². The van der Waals surface area contributed by atoms with Crippen LogP contribution < -0.4 is 11.1 Å². The van der Waals surface area contributed by atoms with Gasteiger partial charge in [0.25, 0.3) is 0 Å². The zero-order valence-corrected chi connectivity index (χ0v) is 11.3. The van der Waals surface area contributed by atoms with E-state index in [9.17, 15) is 0 Å². The molecule has 0 aromatic carbocycles. The molecule has 0 fully saturated rings. The van der Waals surface area contributed by atoms with Crippen molar-refractivity contribution in [3.05, 3.63) is 41.9 Å². The van der Waals surface area contributed by atoms with E-state index in [4.69, 9.17) is 5.73 Å². The van der Waals surface area contributed by atoms with Crippen molar-refractivity contribution in [1.82, 2.24) is 15.0 Å². The number of nitrogens with zero attached hydrogens (tertiary/aromatic N) is 3. The van der Waals surface area contributed by atoms with Crippen molar-refractivity contribution in [1.29, 1.82) is 0 Å². The summed E-state index contributed by atoms with van der Waals surface area (Å²) >= 11 is 0. The van der Waals surface area contributed by atoms with Gasteiger partial charge >= 0.3 is 0 Å². The molecule has 2 rings (SSSR count). The fourth-order valence-corrected chi connectivity index (χ4v) is 1.97. The maximum absolute atomic E-state index is 5.66. The van der Waals surface area contributed by atoms with Crippen LogP contribution in [0.5, 0.6) is 0 Å². The van der Waals surface area contributed by atoms with Crippen LogP contribution >= 0.6 is 0 Å². The number of nitrogen functional groups attached to an aromatic ring is 1. The number of aromatic nitrogens is 3. The first-order valence-corrected chi connectivity index (χ1v) is 6.52. The van der Waals surface area contributed by atoms with Gasteiger partial charge in [0.2, 0.25) is 5.95 Å². The van der Waals surface area contributed by atoms with Crippen LogP contribution in [-0.4, -0.2) is 15.0 Å². The van der Waals surface area contributed by atoms with Crippen molar-refractivity contribution < 1.29 is 0 Å². The number of anilines is 2. The van der Waals surface area contributed by atoms with E-state index in [0.29, 0.717) is 5.95 Å². The number of rotatable bonds is 5. The molecule has 5 nitrogen and oxygen atoms in total. The highest BCUT2D eigenvalue weighted by Crippen LogP contribution is 2.23. The summed E-state index contributed by atoms with van der Waals surface area (Å²) in [6.07, 6.45) is 7.24. The molecule has 0 saturated carbocycles. The Morgan fingerprint density at radius 2 is 2.16 bits per heavy atom. The first-order valence-electron chi connectivity index (χ1n) is 6.52. The third-order valence-electron chi connectivity index (χ3n) is 3.07. The van der Waals surface area contributed by atoms with Gasteiger partial charge in [-0.05, 0) is 24.5 Å². The second-order valence-corrected chi connectivity index (χ2v) is 4.35. The molecule has 2 aromatic rings. The van der Waals surface area contributed by atoms with Gasteiger partial charge in [0.05, 0.1) is 6.04 Å². The molecule has 5 heteroatoms. The van der Waals surface area contributed by atoms with Gasteiger partial charge in [-0.15, -0.1) is 0 Å². The summed E-state index contributed by atoms with van der Waals surface area (Å²) in [4.78, 5) is 12.5. The summed E-state index contributed by atoms with van der Waals surface area (Å²) in [7, 11) is 0. The largest absolute Gasteiger partial charge is 0.368 e. The van der Waals surface area contributed by atoms with Gasteiger partial charge < -0.3 is 11.1 Å². The summed E-state index contributed by atoms with van der Waals surface area (Å²) < 4.78 is 0. The maximum Gasteiger partial charge on any atom is 0.221 e. The van der Waals surface area contributed by atoms with E-state index < -0.39 is 0 Å². The van der Waals surface area contributed by atoms with Crippen LogP contribution in [-0.2, 0) is 6.42 Å². The summed E-state index contributed by atoms with van der Waals surface area (Å²) in [5, 5.41) is 3.43. The number of nitrogens with one attached hydrogen (secondary N) is 1. The molecule has 2 heterocycles. The standard InChI is InChI=1S/C14H19N5/c1-3-10-9-17-14(15)19-13(10)18-12(4-2)11-6-5-7-16-8-11/h5-9,12H,3-4H2,1-2H3,(H3,15,17,18,19). The van der Waals surface area contributed by atoms with Crippen LogP contribution in [0.15, 0.2) is 30.7 Å². The second-order valence-electron chi connectivity index (χ2n) is 4.35. The maximum atomic E-state index is 5.66. The van der Waals surface area contributed by atoms with E-state index in [1.54, 1.807) is 12.4 Å². The molecule has 0 radical (unpaired) electrons. The van der Waals surface area contributed by atoms with Crippen LogP contribution in [0.1, 0.15) is 37.4 Å². The number of pyridine rings is 1. The third kappa shape index (κ3) is 3.19. The molecular formula is C14H19N5. The van der Waals surface area contributed by atoms with E-state index in [0.717, 1.165) is 29.8 Å². The Kier molecular flexibility index (Phi) is 4.28. The van der Waals surface area contributed by atoms with Gasteiger partial charge in [0.1, 0.15) is 5.82 Å². The highest BCUT2D eigenvalue weighted by atomic mass is 15.1. The van der Waals surface area contributed by atoms with Gasteiger partial charge in [0, 0.05) is 24.2 Å². The highest BCUT2D eigenvalue weighted by molar-refractivity contribution is 5.47. The van der Waals surface area contributed by atoms with Gasteiger partial charge in [0.15, 0.2) is 0 Å². The Morgan fingerprint density at radius 1 is 1.32 bits per heavy atom. The molecule has 0 aliphatic heterocycles. The zero-order chi connectivity index (χ0) is 13.7. The van der Waals surface area contributed by atoms with Crippen molar-refractivity contribution in [2.24, 2.45) is 0 Å². The van der Waals surface area contributed by atoms with E-state index in [1.807, 2.05) is 12.3 Å². The quantitative estimate of drug-likeness (QED) is 0.861. The van der Waals surface area contributed by atoms with Gasteiger partial charge in [-0.3, -0.25) is 4.98 Å². The van der Waals surface area contributed by atoms with E-state index in [1.165, 1.54) is 0 Å². The van der Waals surface area contributed by atoms with Crippen molar-refractivity contribution in [3.63, 3.8) is 0 Å². The number of aryl methyl sites for hydroxylation is 1. The van der Waals surface area contributed by atoms with Crippen LogP contribution in [0.3, 0.4) is 0 Å². The summed E-state index contributed by atoms with van der Waals surface area (Å²) in [5.74, 6) is 1.10. The lowest BCUT2D eigenvalue weighted by Gasteiger charge is -2.19. The van der Waals surface area contributed by atoms with E-state index >= 15 is 0 Å². The lowest BCUT2D eigenvalue weighted by atomic mass is 10.1. The number of hydrogen-bond donors (Lipinski definition) is 2. The molecule has 0 bridgehead atoms. The average Bonchev–Trinajstić information content (AvgIpc) is 2.46. The normalized spacial score (nSPS) is 12.1. The van der Waals surface area contributed by atoms with E-state index in [-0.39, 0.29) is 6.04 Å². The smallest absolute Gasteiger partial charge is 0.221 e. The fourth-order valence-electron chi connectivity index (χ4n) is 1.97. The molecule has 0 spiro atoms. The molecule has 0 saturated heterocycles. The van der Waals surface area contributed by atoms with Crippen molar-refractivity contribution >= 4 is 11.8 Å². The Bertz CT molecular complexity index is 527. The molecule has 1 unspecified atom stereocenters. The molecule has 2 aromatic heterocycles. The first kappa shape index (κ1) is 13.3. The average molecular weight is 257 g/mol. The SMILES string of the molecule is CCc1cnc(N)nc1NC(CC)c1cccnc1. The molecule has 19 heavy (non-hydrogen) atoms. The molecule has 100 valence electrons. The van der Waals surface area contributed by atoms with Crippen molar-refractivity contribution in [2.45, 2.75) is 32.7 Å². The monoisotopic (exact) mass is 257 g/mol. The fraction of sp³-hybridized carbons (Fsp3) is 0.357. The summed E-state index contributed by atoms with van der Waals surface area (Å²) in [5.41, 5.74) is 7.87. The molecule has 1 atom stereocenters. The first-order chi connectivity index (χ1) is 9.24. The topological polar surface area (TPSA) is 76.7 Å². The summed E-state index contributed by atoms with van der Waals surface area (Å²) in [6.45, 7) is 4.20. The molecular weight excluding hydrogens is 238 g/mol. The van der Waals surface area contributed by atoms with Crippen LogP contribution in [0.2, 0.25) is 0 Å². The minimum absolute atomic E-state index is 0.174. The van der Waals surface area contributed by atoms with Crippen LogP contribution in [0, 0.1) is 0 Å². The number of nitrogens with two attached hydrogens (primary N) is 1. The van der Waals surface area contributed by atoms with Crippen molar-refractivity contribution in [3.8, 4) is 0 Å². The predicted molar refractivity (Wildman–Crippen MR) is 76.7 cm³/mol. The lowest BCUT2D eigenvalue weighted by molar-refractivity contribution is 0.737. The van der Waals surface area contributed by atoms with Crippen molar-refractivity contribution in [2.75, 3.05) is 11.1 Å². The van der Waals surface area contributed by atoms with Crippen LogP contribution in [0.4, 0.5) is 11.8 Å². The molecule has 0 aliphatic rings. The Hall–Kier alpha value is -2.17. The molecule has 0 amide bonds. The Balaban J connectivity index is 2.26. The molecule has 3 N–H and O–H groups in total. The second kappa shape index (κ2) is 6.13. The van der Waals surface area contributed by atoms with Crippen LogP contribution in [0.25, 0.3) is 0 Å². The molecule has 0 aliphatic carbocycles. The highest BCUT2D eigenvalue weighted by Gasteiger charge is 2.12. The van der Waals surface area contributed by atoms with Gasteiger partial charge in [-0.25, -0.2) is 4.98 Å². The summed E-state index contributed by atoms with van der Waals surface area (Å²) in [6, 6.07) is 4.17. The minimum Gasteiger partial charge on any atom is -0.368 e. The Morgan fingerprint density at radius 3 is 2.79 bits per heavy atom.